The third-order valence-electron chi connectivity index (χ3n) is 2.18. The highest BCUT2D eigenvalue weighted by Crippen LogP contribution is 2.21. The van der Waals surface area contributed by atoms with E-state index in [0.29, 0.717) is 0 Å². The first kappa shape index (κ1) is 12.3. The number of hydrogen-bond donors (Lipinski definition) is 1. The molecular formula is C13H18OS. The van der Waals surface area contributed by atoms with Gasteiger partial charge in [-0.3, -0.25) is 0 Å². The second kappa shape index (κ2) is 6.70. The van der Waals surface area contributed by atoms with Crippen molar-refractivity contribution in [2.45, 2.75) is 30.8 Å². The van der Waals surface area contributed by atoms with Gasteiger partial charge < -0.3 is 5.11 Å². The maximum Gasteiger partial charge on any atom is 0.0761 e. The minimum absolute atomic E-state index is 0.371. The van der Waals surface area contributed by atoms with Crippen LogP contribution in [0, 0.1) is 0 Å². The molecule has 0 saturated carbocycles. The van der Waals surface area contributed by atoms with E-state index in [2.05, 4.69) is 18.7 Å². The van der Waals surface area contributed by atoms with Crippen molar-refractivity contribution < 1.29 is 5.11 Å². The van der Waals surface area contributed by atoms with Crippen molar-refractivity contribution in [3.8, 4) is 0 Å². The predicted molar refractivity (Wildman–Crippen MR) is 67.2 cm³/mol. The van der Waals surface area contributed by atoms with Crippen LogP contribution in [0.25, 0.3) is 0 Å². The van der Waals surface area contributed by atoms with E-state index in [-0.39, 0.29) is 6.10 Å². The van der Waals surface area contributed by atoms with E-state index >= 15 is 0 Å². The van der Waals surface area contributed by atoms with Crippen molar-refractivity contribution >= 4 is 11.8 Å². The van der Waals surface area contributed by atoms with E-state index in [1.807, 2.05) is 30.0 Å². The van der Waals surface area contributed by atoms with Gasteiger partial charge in [0.25, 0.3) is 0 Å². The first-order chi connectivity index (χ1) is 7.24. The molecule has 0 spiro atoms. The first-order valence-corrected chi connectivity index (χ1v) is 6.24. The second-order valence-electron chi connectivity index (χ2n) is 3.52. The topological polar surface area (TPSA) is 20.2 Å². The molecule has 0 saturated heterocycles. The van der Waals surface area contributed by atoms with Crippen LogP contribution in [0.15, 0.2) is 41.8 Å². The van der Waals surface area contributed by atoms with Gasteiger partial charge >= 0.3 is 0 Å². The standard InChI is InChI=1S/C13H18OS/c1-3-4-5-10-15-13-8-6-12(7-9-13)11(2)14/h3,6-9,11,14H,1,4-5,10H2,2H3. The van der Waals surface area contributed by atoms with E-state index in [1.165, 1.54) is 11.3 Å². The highest BCUT2D eigenvalue weighted by atomic mass is 32.2. The SMILES string of the molecule is C=CCCCSc1ccc(C(C)O)cc1. The van der Waals surface area contributed by atoms with Gasteiger partial charge in [-0.15, -0.1) is 18.3 Å². The summed E-state index contributed by atoms with van der Waals surface area (Å²) in [5.74, 6) is 1.13. The maximum absolute atomic E-state index is 9.34. The number of benzene rings is 1. The molecule has 1 N–H and O–H groups in total. The Balaban J connectivity index is 2.39. The molecule has 0 aliphatic carbocycles. The van der Waals surface area contributed by atoms with Crippen LogP contribution in [0.5, 0.6) is 0 Å². The quantitative estimate of drug-likeness (QED) is 0.449. The van der Waals surface area contributed by atoms with Crippen LogP contribution >= 0.6 is 11.8 Å². The molecule has 2 heteroatoms. The minimum Gasteiger partial charge on any atom is -0.389 e. The van der Waals surface area contributed by atoms with Gasteiger partial charge in [0.05, 0.1) is 6.10 Å². The second-order valence-corrected chi connectivity index (χ2v) is 4.69. The lowest BCUT2D eigenvalue weighted by atomic mass is 10.1. The Morgan fingerprint density at radius 3 is 2.60 bits per heavy atom. The van der Waals surface area contributed by atoms with Crippen LogP contribution in [0.2, 0.25) is 0 Å². The Morgan fingerprint density at radius 2 is 2.07 bits per heavy atom. The summed E-state index contributed by atoms with van der Waals surface area (Å²) in [5.41, 5.74) is 0.977. The van der Waals surface area contributed by atoms with E-state index in [9.17, 15) is 5.11 Å². The van der Waals surface area contributed by atoms with Crippen molar-refractivity contribution in [1.82, 2.24) is 0 Å². The molecule has 1 rings (SSSR count). The van der Waals surface area contributed by atoms with Gasteiger partial charge in [0.2, 0.25) is 0 Å². The number of unbranched alkanes of at least 4 members (excludes halogenated alkanes) is 1. The van der Waals surface area contributed by atoms with Crippen molar-refractivity contribution in [3.05, 3.63) is 42.5 Å². The smallest absolute Gasteiger partial charge is 0.0761 e. The van der Waals surface area contributed by atoms with Crippen LogP contribution in [0.4, 0.5) is 0 Å². The molecule has 1 nitrogen and oxygen atoms in total. The molecular weight excluding hydrogens is 204 g/mol. The number of thioether (sulfide) groups is 1. The van der Waals surface area contributed by atoms with Crippen molar-refractivity contribution in [2.24, 2.45) is 0 Å². The molecule has 1 aromatic rings. The highest BCUT2D eigenvalue weighted by Gasteiger charge is 2.00. The van der Waals surface area contributed by atoms with Gasteiger partial charge in [-0.2, -0.15) is 0 Å². The van der Waals surface area contributed by atoms with Crippen LogP contribution < -0.4 is 0 Å². The molecule has 15 heavy (non-hydrogen) atoms. The van der Waals surface area contributed by atoms with E-state index in [1.54, 1.807) is 6.92 Å². The summed E-state index contributed by atoms with van der Waals surface area (Å²) in [7, 11) is 0. The zero-order chi connectivity index (χ0) is 11.1. The lowest BCUT2D eigenvalue weighted by Gasteiger charge is -2.05. The third kappa shape index (κ3) is 4.54. The van der Waals surface area contributed by atoms with Crippen molar-refractivity contribution in [2.75, 3.05) is 5.75 Å². The van der Waals surface area contributed by atoms with Gasteiger partial charge in [0.1, 0.15) is 0 Å². The van der Waals surface area contributed by atoms with Gasteiger partial charge in [-0.1, -0.05) is 18.2 Å². The summed E-state index contributed by atoms with van der Waals surface area (Å²) >= 11 is 1.85. The molecule has 1 unspecified atom stereocenters. The normalized spacial score (nSPS) is 12.4. The Morgan fingerprint density at radius 1 is 1.40 bits per heavy atom. The fourth-order valence-corrected chi connectivity index (χ4v) is 2.14. The highest BCUT2D eigenvalue weighted by molar-refractivity contribution is 7.99. The van der Waals surface area contributed by atoms with E-state index in [4.69, 9.17) is 0 Å². The van der Waals surface area contributed by atoms with Crippen LogP contribution in [-0.4, -0.2) is 10.9 Å². The average molecular weight is 222 g/mol. The van der Waals surface area contributed by atoms with Crippen LogP contribution in [0.3, 0.4) is 0 Å². The van der Waals surface area contributed by atoms with Crippen LogP contribution in [-0.2, 0) is 0 Å². The van der Waals surface area contributed by atoms with E-state index < -0.39 is 0 Å². The summed E-state index contributed by atoms with van der Waals surface area (Å²) in [6, 6.07) is 8.11. The van der Waals surface area contributed by atoms with Crippen LogP contribution in [0.1, 0.15) is 31.4 Å². The largest absolute Gasteiger partial charge is 0.389 e. The number of aliphatic hydroxyl groups excluding tert-OH is 1. The molecule has 0 bridgehead atoms. The molecule has 0 aliphatic heterocycles. The Labute approximate surface area is 96.2 Å². The third-order valence-corrected chi connectivity index (χ3v) is 3.28. The van der Waals surface area contributed by atoms with Crippen molar-refractivity contribution in [1.29, 1.82) is 0 Å². The lowest BCUT2D eigenvalue weighted by Crippen LogP contribution is -1.89. The Bertz CT molecular complexity index is 290. The zero-order valence-corrected chi connectivity index (χ0v) is 9.96. The first-order valence-electron chi connectivity index (χ1n) is 5.25. The van der Waals surface area contributed by atoms with Gasteiger partial charge in [0, 0.05) is 4.90 Å². The summed E-state index contributed by atoms with van der Waals surface area (Å²) in [6.07, 6.45) is 3.84. The molecule has 1 aromatic carbocycles. The molecule has 0 heterocycles. The fourth-order valence-electron chi connectivity index (χ4n) is 1.26. The predicted octanol–water partition coefficient (Wildman–Crippen LogP) is 3.80. The number of hydrogen-bond acceptors (Lipinski definition) is 2. The zero-order valence-electron chi connectivity index (χ0n) is 9.15. The van der Waals surface area contributed by atoms with E-state index in [0.717, 1.165) is 17.7 Å². The minimum atomic E-state index is -0.371. The Kier molecular flexibility index (Phi) is 5.51. The van der Waals surface area contributed by atoms with Gasteiger partial charge in [-0.25, -0.2) is 0 Å². The number of allylic oxidation sites excluding steroid dienone is 1. The summed E-state index contributed by atoms with van der Waals surface area (Å²) in [4.78, 5) is 1.27. The lowest BCUT2D eigenvalue weighted by molar-refractivity contribution is 0.199. The summed E-state index contributed by atoms with van der Waals surface area (Å²) < 4.78 is 0. The molecule has 0 fully saturated rings. The molecule has 0 radical (unpaired) electrons. The average Bonchev–Trinajstić information content (AvgIpc) is 2.25. The maximum atomic E-state index is 9.34. The fraction of sp³-hybridized carbons (Fsp3) is 0.385. The molecule has 82 valence electrons. The summed E-state index contributed by atoms with van der Waals surface area (Å²) in [5, 5.41) is 9.34. The monoisotopic (exact) mass is 222 g/mol. The Hall–Kier alpha value is -0.730. The molecule has 0 amide bonds. The van der Waals surface area contributed by atoms with Gasteiger partial charge in [-0.05, 0) is 43.2 Å². The van der Waals surface area contributed by atoms with Crippen molar-refractivity contribution in [3.63, 3.8) is 0 Å². The number of aliphatic hydroxyl groups is 1. The number of rotatable bonds is 6. The molecule has 1 atom stereocenters. The molecule has 0 aromatic heterocycles. The summed E-state index contributed by atoms with van der Waals surface area (Å²) in [6.45, 7) is 5.48. The molecule has 0 aliphatic rings. The van der Waals surface area contributed by atoms with Gasteiger partial charge in [0.15, 0.2) is 0 Å².